The van der Waals surface area contributed by atoms with Crippen LogP contribution in [-0.4, -0.2) is 35.3 Å². The van der Waals surface area contributed by atoms with Crippen LogP contribution in [0.15, 0.2) is 24.3 Å². The molecule has 1 fully saturated rings. The number of benzene rings is 1. The minimum absolute atomic E-state index is 0.214. The molecule has 0 saturated carbocycles. The van der Waals surface area contributed by atoms with Crippen LogP contribution in [0.3, 0.4) is 0 Å². The third-order valence-corrected chi connectivity index (χ3v) is 2.76. The zero-order chi connectivity index (χ0) is 14.0. The molecule has 0 radical (unpaired) electrons. The lowest BCUT2D eigenvalue weighted by atomic mass is 10.2. The quantitative estimate of drug-likeness (QED) is 0.734. The van der Waals surface area contributed by atoms with Crippen LogP contribution in [0.2, 0.25) is 0 Å². The number of imide groups is 1. The molecule has 2 N–H and O–H groups in total. The average Bonchev–Trinajstić information content (AvgIpc) is 2.33. The Labute approximate surface area is 108 Å². The lowest BCUT2D eigenvalue weighted by Crippen LogP contribution is -2.59. The number of hydrogen-bond acceptors (Lipinski definition) is 3. The van der Waals surface area contributed by atoms with Gasteiger partial charge in [-0.3, -0.25) is 14.9 Å². The Kier molecular flexibility index (Phi) is 3.46. The van der Waals surface area contributed by atoms with E-state index in [9.17, 15) is 18.8 Å². The molecule has 0 bridgehead atoms. The molecule has 6 nitrogen and oxygen atoms in total. The summed E-state index contributed by atoms with van der Waals surface area (Å²) < 4.78 is 13.0. The number of anilines is 1. The number of rotatable bonds is 1. The van der Waals surface area contributed by atoms with E-state index in [0.29, 0.717) is 0 Å². The second-order valence-electron chi connectivity index (χ2n) is 4.16. The summed E-state index contributed by atoms with van der Waals surface area (Å²) >= 11 is 0. The van der Waals surface area contributed by atoms with E-state index in [1.54, 1.807) is 0 Å². The minimum atomic E-state index is -0.758. The van der Waals surface area contributed by atoms with E-state index in [2.05, 4.69) is 10.6 Å². The van der Waals surface area contributed by atoms with Crippen molar-refractivity contribution in [3.05, 3.63) is 30.1 Å². The average molecular weight is 265 g/mol. The van der Waals surface area contributed by atoms with Gasteiger partial charge in [-0.25, -0.2) is 9.18 Å². The smallest absolute Gasteiger partial charge is 0.308 e. The first kappa shape index (κ1) is 13.0. The van der Waals surface area contributed by atoms with Gasteiger partial charge in [0.25, 0.3) is 0 Å². The highest BCUT2D eigenvalue weighted by Crippen LogP contribution is 2.12. The van der Waals surface area contributed by atoms with Crippen molar-refractivity contribution in [2.45, 2.75) is 13.0 Å². The summed E-state index contributed by atoms with van der Waals surface area (Å²) in [4.78, 5) is 35.7. The third kappa shape index (κ3) is 2.87. The molecule has 2 rings (SSSR count). The molecule has 0 aromatic heterocycles. The van der Waals surface area contributed by atoms with Crippen LogP contribution in [-0.2, 0) is 9.59 Å². The van der Waals surface area contributed by atoms with Crippen LogP contribution in [0.5, 0.6) is 0 Å². The molecule has 0 spiro atoms. The molecule has 1 unspecified atom stereocenters. The first-order valence-electron chi connectivity index (χ1n) is 5.64. The zero-order valence-corrected chi connectivity index (χ0v) is 10.1. The van der Waals surface area contributed by atoms with Gasteiger partial charge in [-0.2, -0.15) is 0 Å². The number of nitrogens with zero attached hydrogens (tertiary/aromatic N) is 1. The Bertz CT molecular complexity index is 547. The number of halogens is 1. The highest BCUT2D eigenvalue weighted by atomic mass is 19.1. The first-order chi connectivity index (χ1) is 8.97. The number of amides is 4. The summed E-state index contributed by atoms with van der Waals surface area (Å²) in [5, 5.41) is 4.57. The molecule has 19 heavy (non-hydrogen) atoms. The van der Waals surface area contributed by atoms with Gasteiger partial charge in [-0.1, -0.05) is 6.07 Å². The number of hydrogen-bond donors (Lipinski definition) is 2. The van der Waals surface area contributed by atoms with Gasteiger partial charge in [0.05, 0.1) is 0 Å². The zero-order valence-electron chi connectivity index (χ0n) is 10.1. The van der Waals surface area contributed by atoms with Crippen molar-refractivity contribution in [2.75, 3.05) is 11.9 Å². The molecular weight excluding hydrogens is 253 g/mol. The van der Waals surface area contributed by atoms with Gasteiger partial charge >= 0.3 is 6.03 Å². The van der Waals surface area contributed by atoms with Crippen molar-refractivity contribution < 1.29 is 18.8 Å². The van der Waals surface area contributed by atoms with Crippen molar-refractivity contribution in [3.8, 4) is 0 Å². The maximum Gasteiger partial charge on any atom is 0.322 e. The lowest BCUT2D eigenvalue weighted by molar-refractivity contribution is -0.137. The second kappa shape index (κ2) is 5.05. The Morgan fingerprint density at radius 3 is 2.89 bits per heavy atom. The highest BCUT2D eigenvalue weighted by molar-refractivity contribution is 6.05. The Balaban J connectivity index is 2.11. The number of urea groups is 1. The third-order valence-electron chi connectivity index (χ3n) is 2.76. The van der Waals surface area contributed by atoms with Crippen molar-refractivity contribution >= 4 is 23.5 Å². The van der Waals surface area contributed by atoms with Gasteiger partial charge in [-0.05, 0) is 25.1 Å². The highest BCUT2D eigenvalue weighted by Gasteiger charge is 2.33. The fourth-order valence-corrected chi connectivity index (χ4v) is 1.72. The van der Waals surface area contributed by atoms with E-state index < -0.39 is 29.7 Å². The number of carbonyl (C=O) groups is 3. The maximum absolute atomic E-state index is 13.0. The van der Waals surface area contributed by atoms with Gasteiger partial charge in [0, 0.05) is 5.69 Å². The van der Waals surface area contributed by atoms with Gasteiger partial charge in [0.1, 0.15) is 18.4 Å². The van der Waals surface area contributed by atoms with Crippen LogP contribution >= 0.6 is 0 Å². The molecule has 1 heterocycles. The van der Waals surface area contributed by atoms with E-state index in [0.717, 1.165) is 11.0 Å². The standard InChI is InChI=1S/C12H12FN3O3/c1-7-11(18)15-10(17)6-16(7)12(19)14-9-4-2-3-8(13)5-9/h2-5,7H,6H2,1H3,(H,14,19)(H,15,17,18). The largest absolute Gasteiger partial charge is 0.322 e. The van der Waals surface area contributed by atoms with Gasteiger partial charge < -0.3 is 10.2 Å². The summed E-state index contributed by atoms with van der Waals surface area (Å²) in [6.45, 7) is 1.29. The monoisotopic (exact) mass is 265 g/mol. The molecule has 1 aliphatic rings. The van der Waals surface area contributed by atoms with Crippen molar-refractivity contribution in [2.24, 2.45) is 0 Å². The first-order valence-corrected chi connectivity index (χ1v) is 5.64. The van der Waals surface area contributed by atoms with E-state index in [1.165, 1.54) is 25.1 Å². The lowest BCUT2D eigenvalue weighted by Gasteiger charge is -2.31. The van der Waals surface area contributed by atoms with Gasteiger partial charge in [-0.15, -0.1) is 0 Å². The van der Waals surface area contributed by atoms with Gasteiger partial charge in [0.15, 0.2) is 0 Å². The molecule has 0 aliphatic carbocycles. The van der Waals surface area contributed by atoms with Crippen LogP contribution < -0.4 is 10.6 Å². The van der Waals surface area contributed by atoms with E-state index in [1.807, 2.05) is 0 Å². The maximum atomic E-state index is 13.0. The molecule has 1 saturated heterocycles. The van der Waals surface area contributed by atoms with E-state index >= 15 is 0 Å². The predicted molar refractivity (Wildman–Crippen MR) is 64.7 cm³/mol. The SMILES string of the molecule is CC1C(=O)NC(=O)CN1C(=O)Nc1cccc(F)c1. The van der Waals surface area contributed by atoms with Gasteiger partial charge in [0.2, 0.25) is 11.8 Å². The van der Waals surface area contributed by atoms with E-state index in [-0.39, 0.29) is 12.2 Å². The summed E-state index contributed by atoms with van der Waals surface area (Å²) in [5.74, 6) is -1.57. The van der Waals surface area contributed by atoms with Crippen molar-refractivity contribution in [3.63, 3.8) is 0 Å². The minimum Gasteiger partial charge on any atom is -0.308 e. The summed E-state index contributed by atoms with van der Waals surface area (Å²) in [6, 6.07) is 3.97. The van der Waals surface area contributed by atoms with Crippen LogP contribution in [0, 0.1) is 5.82 Å². The fourth-order valence-electron chi connectivity index (χ4n) is 1.72. The summed E-state index contributed by atoms with van der Waals surface area (Å²) in [5.41, 5.74) is 0.260. The number of nitrogens with one attached hydrogen (secondary N) is 2. The molecule has 4 amide bonds. The molecule has 7 heteroatoms. The Morgan fingerprint density at radius 1 is 1.47 bits per heavy atom. The van der Waals surface area contributed by atoms with Crippen LogP contribution in [0.25, 0.3) is 0 Å². The normalized spacial score (nSPS) is 19.1. The fraction of sp³-hybridized carbons (Fsp3) is 0.250. The number of carbonyl (C=O) groups excluding carboxylic acids is 3. The van der Waals surface area contributed by atoms with Crippen LogP contribution in [0.4, 0.5) is 14.9 Å². The second-order valence-corrected chi connectivity index (χ2v) is 4.16. The number of piperazine rings is 1. The molecule has 1 atom stereocenters. The molecule has 1 aromatic carbocycles. The molecular formula is C12H12FN3O3. The topological polar surface area (TPSA) is 78.5 Å². The molecule has 100 valence electrons. The van der Waals surface area contributed by atoms with Crippen LogP contribution in [0.1, 0.15) is 6.92 Å². The molecule has 1 aliphatic heterocycles. The van der Waals surface area contributed by atoms with E-state index in [4.69, 9.17) is 0 Å². The summed E-state index contributed by atoms with van der Waals surface area (Å²) in [7, 11) is 0. The predicted octanol–water partition coefficient (Wildman–Crippen LogP) is 0.704. The van der Waals surface area contributed by atoms with Crippen molar-refractivity contribution in [1.82, 2.24) is 10.2 Å². The Morgan fingerprint density at radius 2 is 2.21 bits per heavy atom. The Hall–Kier alpha value is -2.44. The summed E-state index contributed by atoms with van der Waals surface area (Å²) in [6.07, 6.45) is 0. The van der Waals surface area contributed by atoms with Crippen molar-refractivity contribution in [1.29, 1.82) is 0 Å². The molecule has 1 aromatic rings.